The summed E-state index contributed by atoms with van der Waals surface area (Å²) in [5.41, 5.74) is 1.57. The number of hydrogen-bond donors (Lipinski definition) is 4. The summed E-state index contributed by atoms with van der Waals surface area (Å²) in [6.45, 7) is 1.43. The molecule has 150 valence electrons. The molecule has 0 unspecified atom stereocenters. The van der Waals surface area contributed by atoms with Crippen LogP contribution in [-0.4, -0.2) is 53.2 Å². The Kier molecular flexibility index (Phi) is 10.8. The summed E-state index contributed by atoms with van der Waals surface area (Å²) in [4.78, 5) is 23.7. The molecule has 0 saturated heterocycles. The highest BCUT2D eigenvalue weighted by Crippen LogP contribution is 2.27. The first-order valence-electron chi connectivity index (χ1n) is 8.98. The van der Waals surface area contributed by atoms with E-state index in [1.165, 1.54) is 14.0 Å². The van der Waals surface area contributed by atoms with Crippen molar-refractivity contribution in [2.75, 3.05) is 13.7 Å². The van der Waals surface area contributed by atoms with Crippen LogP contribution in [0.1, 0.15) is 38.2 Å². The molecule has 0 radical (unpaired) electrons. The summed E-state index contributed by atoms with van der Waals surface area (Å²) in [5, 5.41) is 21.0. The second-order valence-electron chi connectivity index (χ2n) is 6.28. The van der Waals surface area contributed by atoms with E-state index in [4.69, 9.17) is 9.84 Å². The zero-order valence-corrected chi connectivity index (χ0v) is 16.7. The topological polar surface area (TPSA) is 95.9 Å². The molecule has 7 heteroatoms. The number of rotatable bonds is 11. The standard InChI is InChI=1S/C20H29NO5S/c1-14(23)21-18(20(25)26-2)19(27)17(15-8-4-3-5-9-15)12-11-16(24)10-6-7-13-22/h3-5,8-9,12,16,18-19,22,24,27H,6-7,10-11,13H2,1-2H3,(H,21,23)/t16-,18-,19+/m0/s1. The summed E-state index contributed by atoms with van der Waals surface area (Å²) in [6.07, 6.45) is 3.60. The second kappa shape index (κ2) is 12.5. The average molecular weight is 396 g/mol. The first-order chi connectivity index (χ1) is 12.9. The Morgan fingerprint density at radius 2 is 1.93 bits per heavy atom. The highest BCUT2D eigenvalue weighted by molar-refractivity contribution is 7.81. The number of aliphatic hydroxyl groups is 2. The molecule has 1 amide bonds. The van der Waals surface area contributed by atoms with Crippen LogP contribution >= 0.6 is 12.6 Å². The smallest absolute Gasteiger partial charge is 0.329 e. The molecule has 3 atom stereocenters. The zero-order valence-electron chi connectivity index (χ0n) is 15.8. The number of benzene rings is 1. The fraction of sp³-hybridized carbons (Fsp3) is 0.500. The van der Waals surface area contributed by atoms with Gasteiger partial charge >= 0.3 is 5.97 Å². The van der Waals surface area contributed by atoms with Crippen molar-refractivity contribution in [2.45, 2.75) is 50.0 Å². The van der Waals surface area contributed by atoms with E-state index in [0.717, 1.165) is 17.6 Å². The van der Waals surface area contributed by atoms with E-state index in [-0.39, 0.29) is 12.5 Å². The molecule has 0 aromatic heterocycles. The van der Waals surface area contributed by atoms with Crippen LogP contribution in [0.15, 0.2) is 36.4 Å². The molecule has 0 aliphatic rings. The molecule has 1 rings (SSSR count). The van der Waals surface area contributed by atoms with Crippen LogP contribution < -0.4 is 5.32 Å². The summed E-state index contributed by atoms with van der Waals surface area (Å²) in [6, 6.07) is 8.43. The predicted octanol–water partition coefficient (Wildman–Crippen LogP) is 1.96. The van der Waals surface area contributed by atoms with Crippen LogP contribution in [0.25, 0.3) is 5.57 Å². The number of thiol groups is 1. The maximum absolute atomic E-state index is 12.2. The SMILES string of the molecule is COC(=O)[C@@H](NC(C)=O)[C@H](S)C(=CC[C@@H](O)CCCCO)c1ccccc1. The molecule has 1 aromatic rings. The van der Waals surface area contributed by atoms with Gasteiger partial charge in [0, 0.05) is 13.5 Å². The molecule has 0 bridgehead atoms. The minimum atomic E-state index is -0.950. The molecule has 6 nitrogen and oxygen atoms in total. The second-order valence-corrected chi connectivity index (χ2v) is 6.84. The number of carbonyl (C=O) groups is 2. The summed E-state index contributed by atoms with van der Waals surface area (Å²) < 4.78 is 4.81. The lowest BCUT2D eigenvalue weighted by molar-refractivity contribution is -0.144. The quantitative estimate of drug-likeness (QED) is 0.261. The van der Waals surface area contributed by atoms with Crippen LogP contribution in [0, 0.1) is 0 Å². The fourth-order valence-electron chi connectivity index (χ4n) is 2.70. The molecule has 0 saturated carbocycles. The monoisotopic (exact) mass is 395 g/mol. The van der Waals surface area contributed by atoms with Gasteiger partial charge in [0.05, 0.1) is 18.5 Å². The molecular formula is C20H29NO5S. The van der Waals surface area contributed by atoms with Gasteiger partial charge in [0.2, 0.25) is 5.91 Å². The van der Waals surface area contributed by atoms with E-state index in [0.29, 0.717) is 19.3 Å². The molecule has 0 fully saturated rings. The number of carbonyl (C=O) groups excluding carboxylic acids is 2. The van der Waals surface area contributed by atoms with Crippen molar-refractivity contribution in [3.63, 3.8) is 0 Å². The summed E-state index contributed by atoms with van der Waals surface area (Å²) in [7, 11) is 1.26. The van der Waals surface area contributed by atoms with Crippen molar-refractivity contribution >= 4 is 30.1 Å². The number of aliphatic hydroxyl groups excluding tert-OH is 2. The maximum atomic E-state index is 12.2. The number of hydrogen-bond acceptors (Lipinski definition) is 6. The molecule has 3 N–H and O–H groups in total. The zero-order chi connectivity index (χ0) is 20.2. The van der Waals surface area contributed by atoms with E-state index in [2.05, 4.69) is 17.9 Å². The van der Waals surface area contributed by atoms with Gasteiger partial charge in [-0.1, -0.05) is 36.4 Å². The van der Waals surface area contributed by atoms with Gasteiger partial charge in [-0.15, -0.1) is 0 Å². The molecule has 0 aliphatic heterocycles. The number of unbranched alkanes of at least 4 members (excludes halogenated alkanes) is 1. The average Bonchev–Trinajstić information content (AvgIpc) is 2.66. The third-order valence-corrected chi connectivity index (χ3v) is 4.69. The van der Waals surface area contributed by atoms with Crippen LogP contribution in [0.3, 0.4) is 0 Å². The minimum Gasteiger partial charge on any atom is -0.467 e. The Morgan fingerprint density at radius 3 is 2.48 bits per heavy atom. The third-order valence-electron chi connectivity index (χ3n) is 4.11. The van der Waals surface area contributed by atoms with Gasteiger partial charge in [0.15, 0.2) is 0 Å². The number of ether oxygens (including phenoxy) is 1. The van der Waals surface area contributed by atoms with E-state index < -0.39 is 23.4 Å². The van der Waals surface area contributed by atoms with Gasteiger partial charge in [0.1, 0.15) is 6.04 Å². The fourth-order valence-corrected chi connectivity index (χ4v) is 3.16. The molecule has 0 spiro atoms. The van der Waals surface area contributed by atoms with Gasteiger partial charge in [-0.05, 0) is 36.8 Å². The van der Waals surface area contributed by atoms with Crippen molar-refractivity contribution in [3.05, 3.63) is 42.0 Å². The Morgan fingerprint density at radius 1 is 1.26 bits per heavy atom. The first kappa shape index (κ1) is 23.2. The van der Waals surface area contributed by atoms with Crippen LogP contribution in [0.2, 0.25) is 0 Å². The Hall–Kier alpha value is -1.83. The van der Waals surface area contributed by atoms with Crippen molar-refractivity contribution in [2.24, 2.45) is 0 Å². The number of esters is 1. The lowest BCUT2D eigenvalue weighted by Crippen LogP contribution is -2.47. The van der Waals surface area contributed by atoms with Crippen molar-refractivity contribution < 1.29 is 24.5 Å². The highest BCUT2D eigenvalue weighted by Gasteiger charge is 2.30. The first-order valence-corrected chi connectivity index (χ1v) is 9.49. The van der Waals surface area contributed by atoms with Crippen LogP contribution in [-0.2, 0) is 14.3 Å². The molecular weight excluding hydrogens is 366 g/mol. The summed E-state index contributed by atoms with van der Waals surface area (Å²) >= 11 is 4.59. The predicted molar refractivity (Wildman–Crippen MR) is 108 cm³/mol. The van der Waals surface area contributed by atoms with E-state index in [9.17, 15) is 14.7 Å². The molecule has 0 aliphatic carbocycles. The minimum absolute atomic E-state index is 0.105. The Balaban J connectivity index is 3.07. The Bertz CT molecular complexity index is 620. The van der Waals surface area contributed by atoms with E-state index in [1.807, 2.05) is 36.4 Å². The van der Waals surface area contributed by atoms with Gasteiger partial charge in [0.25, 0.3) is 0 Å². The normalized spacial score (nSPS) is 14.9. The van der Waals surface area contributed by atoms with Crippen LogP contribution in [0.5, 0.6) is 0 Å². The molecule has 1 aromatic carbocycles. The van der Waals surface area contributed by atoms with Crippen molar-refractivity contribution in [1.29, 1.82) is 0 Å². The van der Waals surface area contributed by atoms with Crippen molar-refractivity contribution in [1.82, 2.24) is 5.32 Å². The van der Waals surface area contributed by atoms with Gasteiger partial charge in [-0.25, -0.2) is 4.79 Å². The number of methoxy groups -OCH3 is 1. The highest BCUT2D eigenvalue weighted by atomic mass is 32.1. The van der Waals surface area contributed by atoms with Crippen molar-refractivity contribution in [3.8, 4) is 0 Å². The number of nitrogens with one attached hydrogen (secondary N) is 1. The maximum Gasteiger partial charge on any atom is 0.329 e. The summed E-state index contributed by atoms with van der Waals surface area (Å²) in [5.74, 6) is -0.948. The molecule has 0 heterocycles. The lowest BCUT2D eigenvalue weighted by Gasteiger charge is -2.25. The largest absolute Gasteiger partial charge is 0.467 e. The molecule has 27 heavy (non-hydrogen) atoms. The number of amides is 1. The van der Waals surface area contributed by atoms with Gasteiger partial charge < -0.3 is 20.3 Å². The lowest BCUT2D eigenvalue weighted by atomic mass is 9.95. The van der Waals surface area contributed by atoms with E-state index in [1.54, 1.807) is 0 Å². The Labute approximate surface area is 166 Å². The van der Waals surface area contributed by atoms with Gasteiger partial charge in [-0.3, -0.25) is 4.79 Å². The van der Waals surface area contributed by atoms with Crippen LogP contribution in [0.4, 0.5) is 0 Å². The van der Waals surface area contributed by atoms with E-state index >= 15 is 0 Å². The third kappa shape index (κ3) is 8.15. The van der Waals surface area contributed by atoms with Gasteiger partial charge in [-0.2, -0.15) is 12.6 Å².